The Morgan fingerprint density at radius 3 is 2.53 bits per heavy atom. The summed E-state index contributed by atoms with van der Waals surface area (Å²) in [6.45, 7) is 0.492. The van der Waals surface area contributed by atoms with Gasteiger partial charge in [0.05, 0.1) is 14.2 Å². The van der Waals surface area contributed by atoms with Gasteiger partial charge in [-0.2, -0.15) is 0 Å². The Hall–Kier alpha value is -3.02. The average molecular weight is 409 g/mol. The Morgan fingerprint density at radius 1 is 1.03 bits per heavy atom. The predicted octanol–water partition coefficient (Wildman–Crippen LogP) is 4.49. The fourth-order valence-electron chi connectivity index (χ4n) is 4.41. The second-order valence-corrected chi connectivity index (χ2v) is 7.90. The van der Waals surface area contributed by atoms with Crippen LogP contribution in [-0.4, -0.2) is 26.1 Å². The van der Waals surface area contributed by atoms with Crippen molar-refractivity contribution in [2.24, 2.45) is 5.92 Å². The first kappa shape index (κ1) is 20.3. The van der Waals surface area contributed by atoms with Gasteiger partial charge in [-0.25, -0.2) is 0 Å². The highest BCUT2D eigenvalue weighted by Gasteiger charge is 2.24. The summed E-state index contributed by atoms with van der Waals surface area (Å²) in [6.07, 6.45) is 6.14. The van der Waals surface area contributed by atoms with Crippen LogP contribution in [0, 0.1) is 5.92 Å². The molecule has 6 heteroatoms. The maximum atomic E-state index is 12.7. The number of benzene rings is 2. The Kier molecular flexibility index (Phi) is 5.93. The van der Waals surface area contributed by atoms with Crippen molar-refractivity contribution in [1.29, 1.82) is 0 Å². The lowest BCUT2D eigenvalue weighted by Gasteiger charge is -2.17. The highest BCUT2D eigenvalue weighted by atomic mass is 16.6. The molecule has 2 aromatic carbocycles. The minimum Gasteiger partial charge on any atom is -0.493 e. The number of amides is 1. The van der Waals surface area contributed by atoms with Crippen molar-refractivity contribution >= 4 is 11.9 Å². The molecule has 158 valence electrons. The van der Waals surface area contributed by atoms with Gasteiger partial charge in [-0.15, -0.1) is 0 Å². The number of rotatable bonds is 7. The molecule has 1 heterocycles. The van der Waals surface area contributed by atoms with Gasteiger partial charge in [0.15, 0.2) is 11.5 Å². The molecule has 1 fully saturated rings. The quantitative estimate of drug-likeness (QED) is 0.539. The van der Waals surface area contributed by atoms with E-state index in [1.54, 1.807) is 19.2 Å². The zero-order valence-corrected chi connectivity index (χ0v) is 17.5. The summed E-state index contributed by atoms with van der Waals surface area (Å²) in [7, 11) is 3.08. The minimum absolute atomic E-state index is 0.0672. The van der Waals surface area contributed by atoms with Gasteiger partial charge in [0.1, 0.15) is 0 Å². The summed E-state index contributed by atoms with van der Waals surface area (Å²) in [5.74, 6) is 1.52. The summed E-state index contributed by atoms with van der Waals surface area (Å²) in [6, 6.07) is 9.26. The molecule has 1 N–H and O–H groups in total. The number of hydrogen-bond donors (Lipinski definition) is 1. The van der Waals surface area contributed by atoms with Crippen LogP contribution in [0.3, 0.4) is 0 Å². The van der Waals surface area contributed by atoms with E-state index in [-0.39, 0.29) is 11.9 Å². The van der Waals surface area contributed by atoms with E-state index in [1.807, 2.05) is 18.2 Å². The predicted molar refractivity (Wildman–Crippen MR) is 113 cm³/mol. The molecular formula is C24H27NO5. The molecule has 1 saturated carbocycles. The van der Waals surface area contributed by atoms with Crippen LogP contribution in [0.15, 0.2) is 30.3 Å². The van der Waals surface area contributed by atoms with Gasteiger partial charge in [-0.3, -0.25) is 9.59 Å². The number of hydrogen-bond acceptors (Lipinski definition) is 5. The molecule has 1 amide bonds. The molecule has 0 unspecified atom stereocenters. The van der Waals surface area contributed by atoms with E-state index in [9.17, 15) is 9.59 Å². The van der Waals surface area contributed by atoms with Crippen molar-refractivity contribution in [2.45, 2.75) is 45.1 Å². The molecule has 0 radical (unpaired) electrons. The second-order valence-electron chi connectivity index (χ2n) is 7.90. The lowest BCUT2D eigenvalue weighted by atomic mass is 9.99. The largest absolute Gasteiger partial charge is 0.493 e. The van der Waals surface area contributed by atoms with Gasteiger partial charge >= 0.3 is 5.97 Å². The highest BCUT2D eigenvalue weighted by Crippen LogP contribution is 2.45. The van der Waals surface area contributed by atoms with Crippen molar-refractivity contribution in [3.8, 4) is 28.4 Å². The zero-order valence-electron chi connectivity index (χ0n) is 17.5. The molecule has 1 aliphatic carbocycles. The van der Waals surface area contributed by atoms with Crippen LogP contribution in [0.5, 0.6) is 17.2 Å². The second kappa shape index (κ2) is 8.78. The normalized spacial score (nSPS) is 15.6. The number of fused-ring (bicyclic) bond motifs is 1. The minimum atomic E-state index is -0.271. The van der Waals surface area contributed by atoms with Crippen LogP contribution < -0.4 is 19.5 Å². The van der Waals surface area contributed by atoms with Crippen molar-refractivity contribution in [2.75, 3.05) is 14.2 Å². The first-order chi connectivity index (χ1) is 14.6. The maximum Gasteiger partial charge on any atom is 0.311 e. The third kappa shape index (κ3) is 3.99. The third-order valence-electron chi connectivity index (χ3n) is 6.05. The molecule has 4 rings (SSSR count). The highest BCUT2D eigenvalue weighted by molar-refractivity contribution is 5.99. The van der Waals surface area contributed by atoms with Gasteiger partial charge in [0.25, 0.3) is 5.91 Å². The number of nitrogens with one attached hydrogen (secondary N) is 1. The van der Waals surface area contributed by atoms with Crippen LogP contribution in [0.2, 0.25) is 0 Å². The van der Waals surface area contributed by atoms with E-state index in [1.165, 1.54) is 32.8 Å². The van der Waals surface area contributed by atoms with E-state index in [0.29, 0.717) is 41.7 Å². The SMILES string of the molecule is COc1ccc(-c2ccc3c(c2)CNC3=O)c(OC(=O)CCC2CCCC2)c1OC. The molecule has 6 nitrogen and oxygen atoms in total. The van der Waals surface area contributed by atoms with Crippen LogP contribution >= 0.6 is 0 Å². The molecular weight excluding hydrogens is 382 g/mol. The summed E-state index contributed by atoms with van der Waals surface area (Å²) in [5, 5.41) is 2.83. The number of ether oxygens (including phenoxy) is 3. The Bertz CT molecular complexity index is 962. The van der Waals surface area contributed by atoms with E-state index in [0.717, 1.165) is 23.1 Å². The van der Waals surface area contributed by atoms with Crippen molar-refractivity contribution in [3.05, 3.63) is 41.5 Å². The summed E-state index contributed by atoms with van der Waals surface area (Å²) in [5.41, 5.74) is 3.17. The van der Waals surface area contributed by atoms with Crippen molar-refractivity contribution < 1.29 is 23.8 Å². The first-order valence-electron chi connectivity index (χ1n) is 10.5. The number of carbonyl (C=O) groups is 2. The maximum absolute atomic E-state index is 12.7. The third-order valence-corrected chi connectivity index (χ3v) is 6.05. The molecule has 0 bridgehead atoms. The molecule has 1 aliphatic heterocycles. The Labute approximate surface area is 176 Å². The lowest BCUT2D eigenvalue weighted by Crippen LogP contribution is -2.12. The van der Waals surface area contributed by atoms with E-state index in [4.69, 9.17) is 14.2 Å². The number of methoxy groups -OCH3 is 2. The van der Waals surface area contributed by atoms with Crippen LogP contribution in [0.4, 0.5) is 0 Å². The van der Waals surface area contributed by atoms with Gasteiger partial charge in [-0.05, 0) is 47.7 Å². The molecule has 0 atom stereocenters. The fraction of sp³-hybridized carbons (Fsp3) is 0.417. The van der Waals surface area contributed by atoms with Crippen LogP contribution in [0.1, 0.15) is 54.4 Å². The first-order valence-corrected chi connectivity index (χ1v) is 10.5. The summed E-state index contributed by atoms with van der Waals surface area (Å²) in [4.78, 5) is 24.6. The van der Waals surface area contributed by atoms with E-state index in [2.05, 4.69) is 5.32 Å². The smallest absolute Gasteiger partial charge is 0.311 e. The number of carbonyl (C=O) groups excluding carboxylic acids is 2. The monoisotopic (exact) mass is 409 g/mol. The zero-order chi connectivity index (χ0) is 21.1. The molecule has 2 aliphatic rings. The standard InChI is InChI=1S/C24H27NO5/c1-28-20-11-10-18(16-8-9-19-17(13-16)14-25-24(19)27)22(23(20)29-2)30-21(26)12-7-15-5-3-4-6-15/h8-11,13,15H,3-7,12,14H2,1-2H3,(H,25,27). The van der Waals surface area contributed by atoms with Crippen molar-refractivity contribution in [1.82, 2.24) is 5.32 Å². The molecule has 2 aromatic rings. The van der Waals surface area contributed by atoms with Gasteiger partial charge in [0, 0.05) is 24.1 Å². The molecule has 30 heavy (non-hydrogen) atoms. The fourth-order valence-corrected chi connectivity index (χ4v) is 4.41. The average Bonchev–Trinajstić information content (AvgIpc) is 3.41. The van der Waals surface area contributed by atoms with Gasteiger partial charge < -0.3 is 19.5 Å². The van der Waals surface area contributed by atoms with Crippen LogP contribution in [-0.2, 0) is 11.3 Å². The van der Waals surface area contributed by atoms with E-state index >= 15 is 0 Å². The number of esters is 1. The topological polar surface area (TPSA) is 73.9 Å². The molecule has 0 aromatic heterocycles. The molecule has 0 saturated heterocycles. The molecule has 0 spiro atoms. The van der Waals surface area contributed by atoms with Gasteiger partial charge in [-0.1, -0.05) is 31.7 Å². The summed E-state index contributed by atoms with van der Waals surface area (Å²) < 4.78 is 16.8. The van der Waals surface area contributed by atoms with Gasteiger partial charge in [0.2, 0.25) is 5.75 Å². The summed E-state index contributed by atoms with van der Waals surface area (Å²) >= 11 is 0. The van der Waals surface area contributed by atoms with Crippen molar-refractivity contribution in [3.63, 3.8) is 0 Å². The Morgan fingerprint density at radius 2 is 1.80 bits per heavy atom. The Balaban J connectivity index is 1.65. The van der Waals surface area contributed by atoms with Crippen LogP contribution in [0.25, 0.3) is 11.1 Å². The lowest BCUT2D eigenvalue weighted by molar-refractivity contribution is -0.134. The van der Waals surface area contributed by atoms with E-state index < -0.39 is 0 Å².